The summed E-state index contributed by atoms with van der Waals surface area (Å²) in [4.78, 5) is 99.2. The Labute approximate surface area is 321 Å². The van der Waals surface area contributed by atoms with Crippen LogP contribution in [0.4, 0.5) is 0 Å². The van der Waals surface area contributed by atoms with Crippen molar-refractivity contribution in [1.29, 1.82) is 0 Å². The summed E-state index contributed by atoms with van der Waals surface area (Å²) in [5.41, 5.74) is 7.51. The molecule has 17 heteroatoms. The van der Waals surface area contributed by atoms with Crippen LogP contribution < -0.4 is 37.6 Å². The second-order valence-corrected chi connectivity index (χ2v) is 14.5. The first-order valence-electron chi connectivity index (χ1n) is 19.0. The highest BCUT2D eigenvalue weighted by atomic mass is 16.4. The summed E-state index contributed by atoms with van der Waals surface area (Å²) >= 11 is 0. The molecule has 1 fully saturated rings. The summed E-state index contributed by atoms with van der Waals surface area (Å²) in [6, 6.07) is 2.55. The van der Waals surface area contributed by atoms with Crippen molar-refractivity contribution in [2.75, 3.05) is 6.54 Å². The van der Waals surface area contributed by atoms with Gasteiger partial charge in [0.1, 0.15) is 30.2 Å². The number of amides is 6. The van der Waals surface area contributed by atoms with Crippen molar-refractivity contribution in [3.05, 3.63) is 54.1 Å². The molecule has 0 aliphatic carbocycles. The van der Waals surface area contributed by atoms with Gasteiger partial charge in [-0.15, -0.1) is 0 Å². The first-order chi connectivity index (χ1) is 26.2. The predicted molar refractivity (Wildman–Crippen MR) is 203 cm³/mol. The average Bonchev–Trinajstić information content (AvgIpc) is 3.58. The van der Waals surface area contributed by atoms with Crippen molar-refractivity contribution in [2.45, 2.75) is 122 Å². The van der Waals surface area contributed by atoms with Gasteiger partial charge in [-0.2, -0.15) is 0 Å². The van der Waals surface area contributed by atoms with Crippen molar-refractivity contribution >= 4 is 41.4 Å². The Kier molecular flexibility index (Phi) is 17.8. The number of carboxylic acids is 1. The topological polar surface area (TPSA) is 267 Å². The Morgan fingerprint density at radius 2 is 1.53 bits per heavy atom. The quantitative estimate of drug-likeness (QED) is 0.0833. The van der Waals surface area contributed by atoms with Gasteiger partial charge in [-0.25, -0.2) is 4.98 Å². The van der Waals surface area contributed by atoms with Crippen LogP contribution in [-0.4, -0.2) is 99.3 Å². The minimum Gasteiger partial charge on any atom is -0.481 e. The van der Waals surface area contributed by atoms with E-state index < -0.39 is 84.1 Å². The number of aromatic amines is 1. The fourth-order valence-electron chi connectivity index (χ4n) is 6.14. The Bertz CT molecular complexity index is 1590. The number of hydrogen-bond donors (Lipinski definition) is 9. The van der Waals surface area contributed by atoms with Gasteiger partial charge in [0.15, 0.2) is 0 Å². The van der Waals surface area contributed by atoms with E-state index in [0.29, 0.717) is 25.1 Å². The Morgan fingerprint density at radius 3 is 2.16 bits per heavy atom. The lowest BCUT2D eigenvalue weighted by molar-refractivity contribution is -0.139. The number of nitrogens with zero attached hydrogens (tertiary/aromatic N) is 1. The van der Waals surface area contributed by atoms with Gasteiger partial charge < -0.3 is 47.7 Å². The molecule has 1 aromatic carbocycles. The molecule has 2 heterocycles. The SMILES string of the molecule is CC[C@H](C)[C@@H](NC(=O)[C@@H](CCC(=O)O)NC(=O)[C@H](Cc1cnc[nH]1)NC(=O)[C@H](CC(C)C)NC(=O)[C@H](N)Cc1ccccc1)C(=O)N[C@@H]1CCCCNC1=O. The molecule has 0 saturated carbocycles. The number of aromatic nitrogens is 2. The zero-order valence-electron chi connectivity index (χ0n) is 32.1. The second kappa shape index (κ2) is 22.2. The summed E-state index contributed by atoms with van der Waals surface area (Å²) in [6.07, 6.45) is 4.79. The van der Waals surface area contributed by atoms with E-state index in [-0.39, 0.29) is 37.5 Å². The molecule has 0 radical (unpaired) electrons. The van der Waals surface area contributed by atoms with Crippen LogP contribution in [0.15, 0.2) is 42.9 Å². The molecule has 17 nitrogen and oxygen atoms in total. The molecule has 1 aromatic heterocycles. The predicted octanol–water partition coefficient (Wildman–Crippen LogP) is 0.203. The maximum Gasteiger partial charge on any atom is 0.303 e. The van der Waals surface area contributed by atoms with Crippen molar-refractivity contribution in [2.24, 2.45) is 17.6 Å². The number of hydrogen-bond acceptors (Lipinski definition) is 9. The Balaban J connectivity index is 1.81. The maximum atomic E-state index is 14.0. The molecule has 10 N–H and O–H groups in total. The molecule has 1 saturated heterocycles. The van der Waals surface area contributed by atoms with Crippen molar-refractivity contribution in [3.63, 3.8) is 0 Å². The lowest BCUT2D eigenvalue weighted by Gasteiger charge is -2.29. The molecule has 302 valence electrons. The zero-order valence-corrected chi connectivity index (χ0v) is 32.1. The normalized spacial score (nSPS) is 17.6. The van der Waals surface area contributed by atoms with Crippen LogP contribution in [-0.2, 0) is 46.4 Å². The number of nitrogens with one attached hydrogen (secondary N) is 7. The fraction of sp³-hybridized carbons (Fsp3) is 0.579. The minimum absolute atomic E-state index is 0.0435. The molecule has 0 spiro atoms. The molecule has 0 unspecified atom stereocenters. The van der Waals surface area contributed by atoms with Gasteiger partial charge in [-0.1, -0.05) is 64.4 Å². The number of imidazole rings is 1. The molecule has 1 aliphatic heterocycles. The van der Waals surface area contributed by atoms with Gasteiger partial charge in [0.05, 0.1) is 12.4 Å². The summed E-state index contributed by atoms with van der Waals surface area (Å²) in [5, 5.41) is 25.7. The maximum absolute atomic E-state index is 14.0. The third-order valence-corrected chi connectivity index (χ3v) is 9.51. The number of rotatable bonds is 21. The molecule has 6 amide bonds. The molecular formula is C38H57N9O8. The van der Waals surface area contributed by atoms with Crippen molar-refractivity contribution in [1.82, 2.24) is 41.9 Å². The smallest absolute Gasteiger partial charge is 0.303 e. The first kappa shape index (κ1) is 44.1. The summed E-state index contributed by atoms with van der Waals surface area (Å²) in [7, 11) is 0. The lowest BCUT2D eigenvalue weighted by atomic mass is 9.96. The highest BCUT2D eigenvalue weighted by molar-refractivity contribution is 5.97. The fourth-order valence-corrected chi connectivity index (χ4v) is 6.14. The van der Waals surface area contributed by atoms with Gasteiger partial charge in [0, 0.05) is 31.3 Å². The van der Waals surface area contributed by atoms with Crippen LogP contribution in [0, 0.1) is 11.8 Å². The van der Waals surface area contributed by atoms with Gasteiger partial charge in [0.2, 0.25) is 35.4 Å². The molecule has 7 atom stereocenters. The second-order valence-electron chi connectivity index (χ2n) is 14.5. The average molecular weight is 768 g/mol. The minimum atomic E-state index is -1.42. The van der Waals surface area contributed by atoms with Gasteiger partial charge in [-0.05, 0) is 55.9 Å². The van der Waals surface area contributed by atoms with Crippen LogP contribution in [0.2, 0.25) is 0 Å². The van der Waals surface area contributed by atoms with E-state index in [1.165, 1.54) is 12.5 Å². The first-order valence-corrected chi connectivity index (χ1v) is 19.0. The molecular weight excluding hydrogens is 710 g/mol. The van der Waals surface area contributed by atoms with E-state index in [1.807, 2.05) is 51.1 Å². The lowest BCUT2D eigenvalue weighted by Crippen LogP contribution is -2.60. The molecule has 1 aliphatic rings. The van der Waals surface area contributed by atoms with Crippen LogP contribution in [0.1, 0.15) is 83.9 Å². The molecule has 3 rings (SSSR count). The third-order valence-electron chi connectivity index (χ3n) is 9.51. The van der Waals surface area contributed by atoms with E-state index >= 15 is 0 Å². The number of carbonyl (C=O) groups excluding carboxylic acids is 6. The van der Waals surface area contributed by atoms with E-state index in [4.69, 9.17) is 5.73 Å². The molecule has 2 aromatic rings. The van der Waals surface area contributed by atoms with E-state index in [9.17, 15) is 38.7 Å². The van der Waals surface area contributed by atoms with Crippen LogP contribution >= 0.6 is 0 Å². The number of aliphatic carboxylic acids is 1. The van der Waals surface area contributed by atoms with Gasteiger partial charge in [-0.3, -0.25) is 33.6 Å². The summed E-state index contributed by atoms with van der Waals surface area (Å²) in [5.74, 6) is -5.41. The number of benzene rings is 1. The van der Waals surface area contributed by atoms with Crippen LogP contribution in [0.3, 0.4) is 0 Å². The number of carbonyl (C=O) groups is 7. The van der Waals surface area contributed by atoms with Gasteiger partial charge in [0.25, 0.3) is 0 Å². The molecule has 0 bridgehead atoms. The molecule has 55 heavy (non-hydrogen) atoms. The van der Waals surface area contributed by atoms with Crippen LogP contribution in [0.25, 0.3) is 0 Å². The zero-order chi connectivity index (χ0) is 40.5. The number of carboxylic acid groups (broad SMARTS) is 1. The Hall–Kier alpha value is -5.32. The highest BCUT2D eigenvalue weighted by Crippen LogP contribution is 2.13. The third kappa shape index (κ3) is 14.8. The number of nitrogens with two attached hydrogens (primary N) is 1. The monoisotopic (exact) mass is 767 g/mol. The van der Waals surface area contributed by atoms with Crippen molar-refractivity contribution < 1.29 is 38.7 Å². The van der Waals surface area contributed by atoms with E-state index in [0.717, 1.165) is 18.4 Å². The van der Waals surface area contributed by atoms with E-state index in [2.05, 4.69) is 41.9 Å². The van der Waals surface area contributed by atoms with E-state index in [1.54, 1.807) is 6.92 Å². The van der Waals surface area contributed by atoms with Crippen molar-refractivity contribution in [3.8, 4) is 0 Å². The number of H-pyrrole nitrogens is 1. The highest BCUT2D eigenvalue weighted by Gasteiger charge is 2.35. The van der Waals surface area contributed by atoms with Gasteiger partial charge >= 0.3 is 5.97 Å². The summed E-state index contributed by atoms with van der Waals surface area (Å²) in [6.45, 7) is 7.82. The standard InChI is InChI=1S/C38H57N9O8/c1-5-23(4)32(38(55)44-27-13-9-10-16-41-34(27)51)47-35(52)28(14-15-31(48)49)43-37(54)30(19-25-20-40-21-42-25)46-36(53)29(17-22(2)3)45-33(50)26(39)18-24-11-7-6-8-12-24/h6-8,11-12,20-23,26-30,32H,5,9-10,13-19,39H2,1-4H3,(H,40,42)(H,41,51)(H,43,54)(H,44,55)(H,45,50)(H,46,53)(H,47,52)(H,48,49)/t23-,26+,27+,28+,29-,30-,32+/m0/s1. The largest absolute Gasteiger partial charge is 0.481 e. The Morgan fingerprint density at radius 1 is 0.873 bits per heavy atom. The van der Waals surface area contributed by atoms with Crippen LogP contribution in [0.5, 0.6) is 0 Å². The summed E-state index contributed by atoms with van der Waals surface area (Å²) < 4.78 is 0.